The van der Waals surface area contributed by atoms with Gasteiger partial charge in [0.2, 0.25) is 5.78 Å². The van der Waals surface area contributed by atoms with Crippen molar-refractivity contribution in [2.75, 3.05) is 19.8 Å². The number of rotatable bonds is 4. The van der Waals surface area contributed by atoms with Gasteiger partial charge in [0, 0.05) is 12.0 Å². The first-order chi connectivity index (χ1) is 12.5. The largest absolute Gasteiger partial charge is 0.490 e. The standard InChI is InChI=1S/C21H22O5/c1-13-9-15(3)17(10-14(13)2)18(22)12-26-21(23)16-5-6-19-20(11-16)25-8-4-7-24-19/h5-6,9-11H,4,7-8,12H2,1-3H3. The van der Waals surface area contributed by atoms with Crippen LogP contribution in [0.15, 0.2) is 30.3 Å². The van der Waals surface area contributed by atoms with Crippen molar-refractivity contribution in [1.82, 2.24) is 0 Å². The van der Waals surface area contributed by atoms with Crippen LogP contribution in [0.3, 0.4) is 0 Å². The van der Waals surface area contributed by atoms with Crippen LogP contribution in [-0.2, 0) is 4.74 Å². The lowest BCUT2D eigenvalue weighted by molar-refractivity contribution is 0.0474. The molecule has 0 atom stereocenters. The Morgan fingerprint density at radius 2 is 1.62 bits per heavy atom. The Morgan fingerprint density at radius 3 is 2.38 bits per heavy atom. The molecule has 0 spiro atoms. The van der Waals surface area contributed by atoms with Crippen molar-refractivity contribution in [2.45, 2.75) is 27.2 Å². The molecule has 0 amide bonds. The van der Waals surface area contributed by atoms with Crippen LogP contribution in [0, 0.1) is 20.8 Å². The van der Waals surface area contributed by atoms with Gasteiger partial charge in [0.1, 0.15) is 0 Å². The molecule has 0 N–H and O–H groups in total. The molecule has 5 heteroatoms. The Labute approximate surface area is 152 Å². The summed E-state index contributed by atoms with van der Waals surface area (Å²) in [5.74, 6) is 0.359. The van der Waals surface area contributed by atoms with Crippen LogP contribution in [0.4, 0.5) is 0 Å². The van der Waals surface area contributed by atoms with Gasteiger partial charge in [-0.15, -0.1) is 0 Å². The fourth-order valence-electron chi connectivity index (χ4n) is 2.84. The van der Waals surface area contributed by atoms with Crippen molar-refractivity contribution in [3.8, 4) is 11.5 Å². The van der Waals surface area contributed by atoms with E-state index in [0.29, 0.717) is 35.8 Å². The number of aryl methyl sites for hydroxylation is 3. The minimum Gasteiger partial charge on any atom is -0.490 e. The molecule has 0 saturated heterocycles. The Morgan fingerprint density at radius 1 is 0.923 bits per heavy atom. The minimum atomic E-state index is -0.560. The summed E-state index contributed by atoms with van der Waals surface area (Å²) in [6, 6.07) is 8.70. The van der Waals surface area contributed by atoms with Gasteiger partial charge in [0.05, 0.1) is 18.8 Å². The molecular weight excluding hydrogens is 332 g/mol. The number of benzene rings is 2. The first-order valence-corrected chi connectivity index (χ1v) is 8.63. The zero-order valence-corrected chi connectivity index (χ0v) is 15.3. The number of hydrogen-bond donors (Lipinski definition) is 0. The van der Waals surface area contributed by atoms with E-state index in [4.69, 9.17) is 14.2 Å². The first-order valence-electron chi connectivity index (χ1n) is 8.63. The van der Waals surface area contributed by atoms with E-state index in [9.17, 15) is 9.59 Å². The molecule has 0 unspecified atom stereocenters. The fraction of sp³-hybridized carbons (Fsp3) is 0.333. The maximum absolute atomic E-state index is 12.4. The van der Waals surface area contributed by atoms with E-state index >= 15 is 0 Å². The number of ketones is 1. The number of fused-ring (bicyclic) bond motifs is 1. The van der Waals surface area contributed by atoms with Gasteiger partial charge in [0.15, 0.2) is 18.1 Å². The third kappa shape index (κ3) is 3.87. The van der Waals surface area contributed by atoms with E-state index in [2.05, 4.69) is 0 Å². The van der Waals surface area contributed by atoms with Crippen LogP contribution in [0.25, 0.3) is 0 Å². The average molecular weight is 354 g/mol. The van der Waals surface area contributed by atoms with Crippen LogP contribution >= 0.6 is 0 Å². The summed E-state index contributed by atoms with van der Waals surface area (Å²) in [7, 11) is 0. The van der Waals surface area contributed by atoms with Gasteiger partial charge in [0.25, 0.3) is 0 Å². The quantitative estimate of drug-likeness (QED) is 0.617. The zero-order valence-electron chi connectivity index (χ0n) is 15.3. The second-order valence-corrected chi connectivity index (χ2v) is 6.46. The van der Waals surface area contributed by atoms with Crippen molar-refractivity contribution in [1.29, 1.82) is 0 Å². The summed E-state index contributed by atoms with van der Waals surface area (Å²) in [4.78, 5) is 24.7. The Hall–Kier alpha value is -2.82. The van der Waals surface area contributed by atoms with Gasteiger partial charge in [-0.2, -0.15) is 0 Å². The predicted molar refractivity (Wildman–Crippen MR) is 97.3 cm³/mol. The molecule has 3 rings (SSSR count). The number of esters is 1. The lowest BCUT2D eigenvalue weighted by Crippen LogP contribution is -2.15. The average Bonchev–Trinajstić information content (AvgIpc) is 2.87. The van der Waals surface area contributed by atoms with Gasteiger partial charge in [-0.1, -0.05) is 6.07 Å². The fourth-order valence-corrected chi connectivity index (χ4v) is 2.84. The lowest BCUT2D eigenvalue weighted by atomic mass is 9.98. The van der Waals surface area contributed by atoms with E-state index in [1.807, 2.05) is 32.9 Å². The van der Waals surface area contributed by atoms with Gasteiger partial charge in [-0.05, 0) is 61.7 Å². The number of carbonyl (C=O) groups excluding carboxylic acids is 2. The molecular formula is C21H22O5. The Kier molecular flexibility index (Phi) is 5.26. The highest BCUT2D eigenvalue weighted by atomic mass is 16.5. The molecule has 0 aromatic heterocycles. The predicted octanol–water partition coefficient (Wildman–Crippen LogP) is 3.81. The van der Waals surface area contributed by atoms with Gasteiger partial charge < -0.3 is 14.2 Å². The normalized spacial score (nSPS) is 13.0. The molecule has 0 fully saturated rings. The molecule has 26 heavy (non-hydrogen) atoms. The van der Waals surface area contributed by atoms with Gasteiger partial charge in [-0.3, -0.25) is 4.79 Å². The number of hydrogen-bond acceptors (Lipinski definition) is 5. The highest BCUT2D eigenvalue weighted by Gasteiger charge is 2.17. The summed E-state index contributed by atoms with van der Waals surface area (Å²) in [6.07, 6.45) is 0.790. The number of Topliss-reactive ketones (excluding diaryl/α,β-unsaturated/α-hetero) is 1. The molecule has 0 bridgehead atoms. The molecule has 0 saturated carbocycles. The van der Waals surface area contributed by atoms with Crippen LogP contribution in [-0.4, -0.2) is 31.6 Å². The van der Waals surface area contributed by atoms with E-state index in [-0.39, 0.29) is 12.4 Å². The van der Waals surface area contributed by atoms with Crippen LogP contribution in [0.2, 0.25) is 0 Å². The molecule has 0 aliphatic carbocycles. The summed E-state index contributed by atoms with van der Waals surface area (Å²) in [6.45, 7) is 6.66. The maximum Gasteiger partial charge on any atom is 0.338 e. The zero-order chi connectivity index (χ0) is 18.7. The molecule has 2 aromatic carbocycles. The van der Waals surface area contributed by atoms with Crippen molar-refractivity contribution >= 4 is 11.8 Å². The lowest BCUT2D eigenvalue weighted by Gasteiger charge is -2.11. The van der Waals surface area contributed by atoms with E-state index in [0.717, 1.165) is 23.1 Å². The summed E-state index contributed by atoms with van der Waals surface area (Å²) in [5.41, 5.74) is 3.96. The van der Waals surface area contributed by atoms with E-state index in [1.165, 1.54) is 0 Å². The first kappa shape index (κ1) is 18.0. The summed E-state index contributed by atoms with van der Waals surface area (Å²) in [5, 5.41) is 0. The van der Waals surface area contributed by atoms with Crippen molar-refractivity contribution in [2.24, 2.45) is 0 Å². The summed E-state index contributed by atoms with van der Waals surface area (Å²) >= 11 is 0. The SMILES string of the molecule is Cc1cc(C)c(C(=O)COC(=O)c2ccc3c(c2)OCCCO3)cc1C. The third-order valence-corrected chi connectivity index (χ3v) is 4.46. The molecule has 136 valence electrons. The maximum atomic E-state index is 12.4. The van der Waals surface area contributed by atoms with Crippen LogP contribution in [0.5, 0.6) is 11.5 Å². The molecule has 1 heterocycles. The third-order valence-electron chi connectivity index (χ3n) is 4.46. The topological polar surface area (TPSA) is 61.8 Å². The highest BCUT2D eigenvalue weighted by molar-refractivity contribution is 6.00. The van der Waals surface area contributed by atoms with Crippen molar-refractivity contribution < 1.29 is 23.8 Å². The van der Waals surface area contributed by atoms with Gasteiger partial charge in [-0.25, -0.2) is 4.79 Å². The minimum absolute atomic E-state index is 0.215. The van der Waals surface area contributed by atoms with Crippen molar-refractivity contribution in [3.05, 3.63) is 58.1 Å². The highest BCUT2D eigenvalue weighted by Crippen LogP contribution is 2.30. The molecule has 2 aromatic rings. The summed E-state index contributed by atoms with van der Waals surface area (Å²) < 4.78 is 16.3. The van der Waals surface area contributed by atoms with Crippen LogP contribution < -0.4 is 9.47 Å². The number of carbonyl (C=O) groups is 2. The number of ether oxygens (including phenoxy) is 3. The Bertz CT molecular complexity index is 854. The molecule has 1 aliphatic rings. The van der Waals surface area contributed by atoms with E-state index in [1.54, 1.807) is 18.2 Å². The van der Waals surface area contributed by atoms with Gasteiger partial charge >= 0.3 is 5.97 Å². The second kappa shape index (κ2) is 7.60. The smallest absolute Gasteiger partial charge is 0.338 e. The molecule has 5 nitrogen and oxygen atoms in total. The molecule has 1 aliphatic heterocycles. The Balaban J connectivity index is 1.68. The van der Waals surface area contributed by atoms with E-state index < -0.39 is 5.97 Å². The van der Waals surface area contributed by atoms with Crippen LogP contribution in [0.1, 0.15) is 43.8 Å². The molecule has 0 radical (unpaired) electrons. The van der Waals surface area contributed by atoms with Crippen molar-refractivity contribution in [3.63, 3.8) is 0 Å². The second-order valence-electron chi connectivity index (χ2n) is 6.46. The monoisotopic (exact) mass is 354 g/mol.